The number of benzene rings is 1. The van der Waals surface area contributed by atoms with Crippen molar-refractivity contribution in [1.29, 1.82) is 0 Å². The summed E-state index contributed by atoms with van der Waals surface area (Å²) in [6.45, 7) is 7.12. The molecule has 1 aliphatic rings. The molecule has 0 bridgehead atoms. The maximum Gasteiger partial charge on any atom is 0.328 e. The molecule has 1 aliphatic heterocycles. The number of rotatable bonds is 4. The summed E-state index contributed by atoms with van der Waals surface area (Å²) >= 11 is 0. The Morgan fingerprint density at radius 1 is 1.17 bits per heavy atom. The van der Waals surface area contributed by atoms with Gasteiger partial charge in [0, 0.05) is 11.6 Å². The van der Waals surface area contributed by atoms with Gasteiger partial charge in [0.15, 0.2) is 0 Å². The molecule has 0 aromatic heterocycles. The van der Waals surface area contributed by atoms with Crippen LogP contribution in [-0.2, 0) is 10.2 Å². The highest BCUT2D eigenvalue weighted by molar-refractivity contribution is 5.80. The summed E-state index contributed by atoms with van der Waals surface area (Å²) < 4.78 is 5.78. The molecule has 0 aliphatic carbocycles. The van der Waals surface area contributed by atoms with Gasteiger partial charge in [-0.1, -0.05) is 57.2 Å². The molecule has 0 unspecified atom stereocenters. The van der Waals surface area contributed by atoms with Gasteiger partial charge in [-0.15, -0.1) is 0 Å². The van der Waals surface area contributed by atoms with Crippen molar-refractivity contribution in [2.45, 2.75) is 26.2 Å². The first kappa shape index (κ1) is 16.8. The first-order valence-corrected chi connectivity index (χ1v) is 7.58. The fourth-order valence-electron chi connectivity index (χ4n) is 2.20. The lowest BCUT2D eigenvalue weighted by Crippen LogP contribution is -2.12. The van der Waals surface area contributed by atoms with Crippen molar-refractivity contribution in [1.82, 2.24) is 0 Å². The van der Waals surface area contributed by atoms with Gasteiger partial charge >= 0.3 is 5.97 Å². The normalized spacial score (nSPS) is 15.0. The lowest BCUT2D eigenvalue weighted by atomic mass is 9.85. The summed E-state index contributed by atoms with van der Waals surface area (Å²) in [5.41, 5.74) is 3.56. The molecule has 0 spiro atoms. The number of carbonyl (C=O) groups is 1. The van der Waals surface area contributed by atoms with Crippen LogP contribution in [0.25, 0.3) is 6.08 Å². The lowest BCUT2D eigenvalue weighted by Gasteiger charge is -2.22. The monoisotopic (exact) mass is 310 g/mol. The molecule has 3 nitrogen and oxygen atoms in total. The van der Waals surface area contributed by atoms with E-state index >= 15 is 0 Å². The van der Waals surface area contributed by atoms with Crippen LogP contribution in [0.3, 0.4) is 0 Å². The van der Waals surface area contributed by atoms with E-state index in [2.05, 4.69) is 39.0 Å². The first-order valence-electron chi connectivity index (χ1n) is 7.58. The second kappa shape index (κ2) is 7.14. The van der Waals surface area contributed by atoms with Crippen molar-refractivity contribution in [2.24, 2.45) is 0 Å². The van der Waals surface area contributed by atoms with Gasteiger partial charge in [0.2, 0.25) is 0 Å². The minimum absolute atomic E-state index is 0.107. The molecular formula is C20H22O3. The third-order valence-electron chi connectivity index (χ3n) is 3.49. The van der Waals surface area contributed by atoms with E-state index < -0.39 is 5.97 Å². The zero-order valence-corrected chi connectivity index (χ0v) is 13.7. The molecule has 3 heteroatoms. The minimum atomic E-state index is -0.951. The smallest absolute Gasteiger partial charge is 0.328 e. The van der Waals surface area contributed by atoms with Crippen molar-refractivity contribution >= 4 is 12.0 Å². The zero-order valence-electron chi connectivity index (χ0n) is 13.7. The quantitative estimate of drug-likeness (QED) is 0.657. The van der Waals surface area contributed by atoms with E-state index in [0.717, 1.165) is 23.0 Å². The largest absolute Gasteiger partial charge is 0.488 e. The van der Waals surface area contributed by atoms with Gasteiger partial charge in [-0.05, 0) is 34.8 Å². The van der Waals surface area contributed by atoms with Gasteiger partial charge in [0.25, 0.3) is 0 Å². The Hall–Kier alpha value is -2.55. The molecule has 23 heavy (non-hydrogen) atoms. The second-order valence-corrected chi connectivity index (χ2v) is 6.45. The number of carboxylic acids is 1. The Kier molecular flexibility index (Phi) is 5.22. The fraction of sp³-hybridized carbons (Fsp3) is 0.250. The second-order valence-electron chi connectivity index (χ2n) is 6.45. The summed E-state index contributed by atoms with van der Waals surface area (Å²) in [6.07, 6.45) is 12.0. The molecule has 1 aromatic carbocycles. The molecular weight excluding hydrogens is 288 g/mol. The Balaban J connectivity index is 2.12. The Morgan fingerprint density at radius 3 is 2.61 bits per heavy atom. The average molecular weight is 310 g/mol. The average Bonchev–Trinajstić information content (AvgIpc) is 2.48. The molecule has 1 heterocycles. The highest BCUT2D eigenvalue weighted by Crippen LogP contribution is 2.32. The molecule has 0 fully saturated rings. The van der Waals surface area contributed by atoms with Crippen LogP contribution in [0.15, 0.2) is 60.2 Å². The first-order chi connectivity index (χ1) is 10.9. The number of hydrogen-bond acceptors (Lipinski definition) is 2. The predicted octanol–water partition coefficient (Wildman–Crippen LogP) is 4.51. The van der Waals surface area contributed by atoms with Crippen LogP contribution in [0.4, 0.5) is 0 Å². The van der Waals surface area contributed by atoms with E-state index in [-0.39, 0.29) is 5.41 Å². The van der Waals surface area contributed by atoms with Gasteiger partial charge in [0.05, 0.1) is 0 Å². The topological polar surface area (TPSA) is 46.5 Å². The van der Waals surface area contributed by atoms with Crippen LogP contribution < -0.4 is 4.74 Å². The van der Waals surface area contributed by atoms with E-state index in [1.165, 1.54) is 11.6 Å². The highest BCUT2D eigenvalue weighted by atomic mass is 16.5. The molecule has 0 radical (unpaired) electrons. The van der Waals surface area contributed by atoms with E-state index in [4.69, 9.17) is 9.84 Å². The highest BCUT2D eigenvalue weighted by Gasteiger charge is 2.17. The predicted molar refractivity (Wildman–Crippen MR) is 93.7 cm³/mol. The van der Waals surface area contributed by atoms with Crippen molar-refractivity contribution < 1.29 is 14.6 Å². The standard InChI is InChI=1S/C20H22O3/c1-20(2,3)17-10-11-18-16(13-17)12-15(14-23-18)8-6-4-5-7-9-19(21)22/h4-13H,14H2,1-3H3,(H,21,22)/b5-4+,8-6+,9-7+. The summed E-state index contributed by atoms with van der Waals surface area (Å²) in [6, 6.07) is 6.32. The van der Waals surface area contributed by atoms with Crippen LogP contribution in [-0.4, -0.2) is 17.7 Å². The van der Waals surface area contributed by atoms with Crippen molar-refractivity contribution in [2.75, 3.05) is 6.61 Å². The minimum Gasteiger partial charge on any atom is -0.488 e. The summed E-state index contributed by atoms with van der Waals surface area (Å²) in [5, 5.41) is 8.48. The van der Waals surface area contributed by atoms with Crippen molar-refractivity contribution in [3.63, 3.8) is 0 Å². The molecule has 2 rings (SSSR count). The van der Waals surface area contributed by atoms with Gasteiger partial charge < -0.3 is 9.84 Å². The maximum absolute atomic E-state index is 10.3. The molecule has 0 saturated heterocycles. The van der Waals surface area contributed by atoms with E-state index in [0.29, 0.717) is 6.61 Å². The Labute approximate surface area is 137 Å². The van der Waals surface area contributed by atoms with E-state index in [9.17, 15) is 4.79 Å². The molecule has 0 saturated carbocycles. The molecule has 120 valence electrons. The number of ether oxygens (including phenoxy) is 1. The zero-order chi connectivity index (χ0) is 16.9. The lowest BCUT2D eigenvalue weighted by molar-refractivity contribution is -0.131. The van der Waals surface area contributed by atoms with Gasteiger partial charge in [0.1, 0.15) is 12.4 Å². The Morgan fingerprint density at radius 2 is 1.91 bits per heavy atom. The SMILES string of the molecule is CC(C)(C)c1ccc2c(c1)C=C(/C=C/C=C/C=C/C(=O)O)CO2. The molecule has 0 atom stereocenters. The fourth-order valence-corrected chi connectivity index (χ4v) is 2.20. The van der Waals surface area contributed by atoms with Crippen LogP contribution in [0.5, 0.6) is 5.75 Å². The van der Waals surface area contributed by atoms with Gasteiger partial charge in [-0.3, -0.25) is 0 Å². The third-order valence-corrected chi connectivity index (χ3v) is 3.49. The van der Waals surface area contributed by atoms with Crippen molar-refractivity contribution in [3.8, 4) is 5.75 Å². The van der Waals surface area contributed by atoms with Gasteiger partial charge in [-0.25, -0.2) is 4.79 Å². The number of fused-ring (bicyclic) bond motifs is 1. The summed E-state index contributed by atoms with van der Waals surface area (Å²) in [5.74, 6) is -0.0386. The van der Waals surface area contributed by atoms with Crippen molar-refractivity contribution in [3.05, 3.63) is 71.4 Å². The summed E-state index contributed by atoms with van der Waals surface area (Å²) in [7, 11) is 0. The Bertz CT molecular complexity index is 698. The number of allylic oxidation sites excluding steroid dienone is 4. The van der Waals surface area contributed by atoms with Crippen LogP contribution in [0.2, 0.25) is 0 Å². The number of carboxylic acid groups (broad SMARTS) is 1. The summed E-state index contributed by atoms with van der Waals surface area (Å²) in [4.78, 5) is 10.3. The number of hydrogen-bond donors (Lipinski definition) is 1. The molecule has 0 amide bonds. The van der Waals surface area contributed by atoms with Crippen LogP contribution in [0, 0.1) is 0 Å². The maximum atomic E-state index is 10.3. The van der Waals surface area contributed by atoms with E-state index in [1.54, 1.807) is 12.2 Å². The third kappa shape index (κ3) is 4.99. The van der Waals surface area contributed by atoms with Gasteiger partial charge in [-0.2, -0.15) is 0 Å². The van der Waals surface area contributed by atoms with Crippen LogP contribution in [0.1, 0.15) is 31.9 Å². The van der Waals surface area contributed by atoms with Crippen LogP contribution >= 0.6 is 0 Å². The molecule has 1 N–H and O–H groups in total. The van der Waals surface area contributed by atoms with E-state index in [1.807, 2.05) is 18.2 Å². The number of aliphatic carboxylic acids is 1. The molecule has 1 aromatic rings.